The van der Waals surface area contributed by atoms with Crippen molar-refractivity contribution in [3.05, 3.63) is 130 Å². The molecule has 4 rings (SSSR count). The molecule has 0 aliphatic carbocycles. The van der Waals surface area contributed by atoms with E-state index in [4.69, 9.17) is 0 Å². The molecule has 0 fully saturated rings. The summed E-state index contributed by atoms with van der Waals surface area (Å²) in [5.74, 6) is -0.420. The second-order valence-electron chi connectivity index (χ2n) is 8.11. The highest BCUT2D eigenvalue weighted by atomic mass is 32.2. The van der Waals surface area contributed by atoms with Crippen molar-refractivity contribution in [2.45, 2.75) is 24.9 Å². The maximum atomic E-state index is 12.9. The molecule has 0 bridgehead atoms. The van der Waals surface area contributed by atoms with Crippen LogP contribution in [0.25, 0.3) is 0 Å². The van der Waals surface area contributed by atoms with Crippen molar-refractivity contribution >= 4 is 21.6 Å². The van der Waals surface area contributed by atoms with Gasteiger partial charge in [-0.2, -0.15) is 0 Å². The number of benzene rings is 3. The molecule has 0 radical (unpaired) electrons. The Labute approximate surface area is 204 Å². The molecule has 4 aromatic rings. The number of aromatic nitrogens is 1. The number of carbonyl (C=O) groups is 1. The first kappa shape index (κ1) is 24.1. The minimum atomic E-state index is -3.81. The first-order valence-corrected chi connectivity index (χ1v) is 12.5. The van der Waals surface area contributed by atoms with Gasteiger partial charge in [-0.3, -0.25) is 9.59 Å². The van der Waals surface area contributed by atoms with E-state index in [1.165, 1.54) is 12.1 Å². The Morgan fingerprint density at radius 1 is 0.857 bits per heavy atom. The molecule has 0 aliphatic heterocycles. The Morgan fingerprint density at radius 2 is 1.57 bits per heavy atom. The van der Waals surface area contributed by atoms with Crippen LogP contribution in [0.4, 0.5) is 5.69 Å². The number of anilines is 1. The zero-order valence-electron chi connectivity index (χ0n) is 19.1. The van der Waals surface area contributed by atoms with E-state index in [0.29, 0.717) is 17.8 Å². The number of nitrogens with one attached hydrogen (secondary N) is 2. The van der Waals surface area contributed by atoms with Gasteiger partial charge in [0, 0.05) is 30.1 Å². The fourth-order valence-electron chi connectivity index (χ4n) is 3.57. The van der Waals surface area contributed by atoms with Crippen LogP contribution in [0.3, 0.4) is 0 Å². The Bertz CT molecular complexity index is 1500. The van der Waals surface area contributed by atoms with E-state index < -0.39 is 15.9 Å². The molecule has 7 nitrogen and oxygen atoms in total. The molecule has 1 heterocycles. The summed E-state index contributed by atoms with van der Waals surface area (Å²) in [4.78, 5) is 24.8. The van der Waals surface area contributed by atoms with Gasteiger partial charge >= 0.3 is 0 Å². The van der Waals surface area contributed by atoms with E-state index in [2.05, 4.69) is 10.0 Å². The Kier molecular flexibility index (Phi) is 7.24. The Morgan fingerprint density at radius 3 is 2.29 bits per heavy atom. The lowest BCUT2D eigenvalue weighted by Crippen LogP contribution is -2.24. The summed E-state index contributed by atoms with van der Waals surface area (Å²) in [6.45, 7) is 2.26. The lowest BCUT2D eigenvalue weighted by molar-refractivity contribution is 0.102. The molecule has 0 atom stereocenters. The van der Waals surface area contributed by atoms with Gasteiger partial charge in [-0.25, -0.2) is 13.1 Å². The van der Waals surface area contributed by atoms with E-state index in [9.17, 15) is 18.0 Å². The third-order valence-electron chi connectivity index (χ3n) is 5.51. The molecule has 1 aromatic heterocycles. The van der Waals surface area contributed by atoms with Crippen LogP contribution in [0.15, 0.2) is 107 Å². The number of nitrogens with zero attached hydrogens (tertiary/aromatic N) is 1. The second-order valence-corrected chi connectivity index (χ2v) is 9.84. The number of hydrogen-bond acceptors (Lipinski definition) is 4. The molecule has 0 spiro atoms. The van der Waals surface area contributed by atoms with Crippen LogP contribution in [-0.4, -0.2) is 18.9 Å². The molecule has 0 saturated heterocycles. The van der Waals surface area contributed by atoms with Gasteiger partial charge in [0.1, 0.15) is 0 Å². The van der Waals surface area contributed by atoms with Gasteiger partial charge in [-0.1, -0.05) is 54.6 Å². The Hall–Kier alpha value is -4.01. The summed E-state index contributed by atoms with van der Waals surface area (Å²) in [5.41, 5.74) is 2.99. The smallest absolute Gasteiger partial charge is 0.255 e. The van der Waals surface area contributed by atoms with Crippen molar-refractivity contribution in [3.63, 3.8) is 0 Å². The highest BCUT2D eigenvalue weighted by Crippen LogP contribution is 2.19. The van der Waals surface area contributed by atoms with E-state index in [0.717, 1.165) is 11.1 Å². The number of sulfonamides is 1. The van der Waals surface area contributed by atoms with E-state index >= 15 is 0 Å². The van der Waals surface area contributed by atoms with Crippen molar-refractivity contribution in [1.82, 2.24) is 9.29 Å². The normalized spacial score (nSPS) is 11.2. The SMILES string of the molecule is Cc1ccc(C(=O)Nc2ccc(Cn3ccccc3=O)cc2)cc1S(=O)(=O)NCc1ccccc1. The molecule has 0 saturated carbocycles. The molecular formula is C27H25N3O4S. The lowest BCUT2D eigenvalue weighted by atomic mass is 10.1. The van der Waals surface area contributed by atoms with Crippen LogP contribution in [0.5, 0.6) is 0 Å². The maximum absolute atomic E-state index is 12.9. The minimum absolute atomic E-state index is 0.0599. The van der Waals surface area contributed by atoms with Gasteiger partial charge < -0.3 is 9.88 Å². The third kappa shape index (κ3) is 6.11. The van der Waals surface area contributed by atoms with E-state index in [1.807, 2.05) is 42.5 Å². The zero-order chi connectivity index (χ0) is 24.8. The summed E-state index contributed by atoms with van der Waals surface area (Å²) in [5, 5.41) is 2.79. The number of pyridine rings is 1. The lowest BCUT2D eigenvalue weighted by Gasteiger charge is -2.12. The predicted molar refractivity (Wildman–Crippen MR) is 136 cm³/mol. The molecule has 0 aliphatic rings. The van der Waals surface area contributed by atoms with Crippen molar-refractivity contribution < 1.29 is 13.2 Å². The van der Waals surface area contributed by atoms with Crippen molar-refractivity contribution in [3.8, 4) is 0 Å². The van der Waals surface area contributed by atoms with Crippen molar-refractivity contribution in [2.24, 2.45) is 0 Å². The maximum Gasteiger partial charge on any atom is 0.255 e. The Balaban J connectivity index is 1.45. The highest BCUT2D eigenvalue weighted by Gasteiger charge is 2.19. The quantitative estimate of drug-likeness (QED) is 0.393. The molecule has 1 amide bonds. The average molecular weight is 488 g/mol. The fraction of sp³-hybridized carbons (Fsp3) is 0.111. The number of hydrogen-bond donors (Lipinski definition) is 2. The van der Waals surface area contributed by atoms with Crippen LogP contribution in [-0.2, 0) is 23.1 Å². The van der Waals surface area contributed by atoms with Gasteiger partial charge in [-0.05, 0) is 53.9 Å². The van der Waals surface area contributed by atoms with Gasteiger partial charge in [0.15, 0.2) is 0 Å². The number of aryl methyl sites for hydroxylation is 1. The van der Waals surface area contributed by atoms with Gasteiger partial charge in [-0.15, -0.1) is 0 Å². The van der Waals surface area contributed by atoms with Gasteiger partial charge in [0.2, 0.25) is 10.0 Å². The molecule has 8 heteroatoms. The standard InChI is InChI=1S/C27H25N3O4S/c1-20-10-13-23(17-25(20)35(33,34)28-18-21-7-3-2-4-8-21)27(32)29-24-14-11-22(12-15-24)19-30-16-6-5-9-26(30)31/h2-17,28H,18-19H2,1H3,(H,29,32). The first-order valence-electron chi connectivity index (χ1n) is 11.0. The average Bonchev–Trinajstić information content (AvgIpc) is 2.86. The number of carbonyl (C=O) groups excluding carboxylic acids is 1. The highest BCUT2D eigenvalue weighted by molar-refractivity contribution is 7.89. The number of amides is 1. The van der Waals surface area contributed by atoms with Gasteiger partial charge in [0.25, 0.3) is 11.5 Å². The third-order valence-corrected chi connectivity index (χ3v) is 7.06. The monoisotopic (exact) mass is 487 g/mol. The van der Waals surface area contributed by atoms with Crippen LogP contribution >= 0.6 is 0 Å². The zero-order valence-corrected chi connectivity index (χ0v) is 20.0. The summed E-state index contributed by atoms with van der Waals surface area (Å²) < 4.78 is 30.0. The fourth-order valence-corrected chi connectivity index (χ4v) is 4.85. The first-order chi connectivity index (χ1) is 16.8. The molecule has 35 heavy (non-hydrogen) atoms. The van der Waals surface area contributed by atoms with Crippen LogP contribution in [0, 0.1) is 6.92 Å². The van der Waals surface area contributed by atoms with Gasteiger partial charge in [0.05, 0.1) is 11.4 Å². The van der Waals surface area contributed by atoms with Crippen LogP contribution in [0.1, 0.15) is 27.0 Å². The van der Waals surface area contributed by atoms with Crippen molar-refractivity contribution in [2.75, 3.05) is 5.32 Å². The molecular weight excluding hydrogens is 462 g/mol. The summed E-state index contributed by atoms with van der Waals surface area (Å²) in [7, 11) is -3.81. The minimum Gasteiger partial charge on any atom is -0.322 e. The number of rotatable bonds is 8. The summed E-state index contributed by atoms with van der Waals surface area (Å²) >= 11 is 0. The van der Waals surface area contributed by atoms with Crippen LogP contribution in [0.2, 0.25) is 0 Å². The van der Waals surface area contributed by atoms with Crippen LogP contribution < -0.4 is 15.6 Å². The summed E-state index contributed by atoms with van der Waals surface area (Å²) in [6, 6.07) is 25.9. The molecule has 0 unspecified atom stereocenters. The van der Waals surface area contributed by atoms with E-state index in [-0.39, 0.29) is 22.6 Å². The molecule has 2 N–H and O–H groups in total. The predicted octanol–water partition coefficient (Wildman–Crippen LogP) is 3.94. The van der Waals surface area contributed by atoms with E-state index in [1.54, 1.807) is 54.1 Å². The summed E-state index contributed by atoms with van der Waals surface area (Å²) in [6.07, 6.45) is 1.72. The topological polar surface area (TPSA) is 97.3 Å². The second kappa shape index (κ2) is 10.5. The largest absolute Gasteiger partial charge is 0.322 e. The molecule has 178 valence electrons. The molecule has 3 aromatic carbocycles. The van der Waals surface area contributed by atoms with Crippen molar-refractivity contribution in [1.29, 1.82) is 0 Å².